The summed E-state index contributed by atoms with van der Waals surface area (Å²) in [6, 6.07) is 6.22. The van der Waals surface area contributed by atoms with Crippen LogP contribution in [0.25, 0.3) is 10.9 Å². The number of anilines is 1. The van der Waals surface area contributed by atoms with Crippen LogP contribution in [0.15, 0.2) is 24.4 Å². The van der Waals surface area contributed by atoms with Gasteiger partial charge in [0.15, 0.2) is 0 Å². The topological polar surface area (TPSA) is 63.7 Å². The summed E-state index contributed by atoms with van der Waals surface area (Å²) in [4.78, 5) is 19.4. The highest BCUT2D eigenvalue weighted by atomic mass is 16.5. The van der Waals surface area contributed by atoms with E-state index < -0.39 is 0 Å². The summed E-state index contributed by atoms with van der Waals surface area (Å²) in [7, 11) is 1.63. The van der Waals surface area contributed by atoms with E-state index in [0.29, 0.717) is 24.0 Å². The smallest absolute Gasteiger partial charge is 0.341 e. The van der Waals surface area contributed by atoms with Gasteiger partial charge in [0.2, 0.25) is 0 Å². The van der Waals surface area contributed by atoms with Gasteiger partial charge in [0, 0.05) is 24.2 Å². The minimum atomic E-state index is -0.356. The van der Waals surface area contributed by atoms with Crippen LogP contribution < -0.4 is 10.1 Å². The maximum Gasteiger partial charge on any atom is 0.341 e. The van der Waals surface area contributed by atoms with Crippen molar-refractivity contribution >= 4 is 22.6 Å². The van der Waals surface area contributed by atoms with Crippen LogP contribution in [-0.2, 0) is 4.74 Å². The number of likely N-dealkylation sites (tertiary alicyclic amines) is 1. The summed E-state index contributed by atoms with van der Waals surface area (Å²) in [5, 5.41) is 4.39. The molecule has 1 atom stereocenters. The SMILES string of the molecule is CCOC(=O)c1cnc2c(OC)cccc2c1NCC1CCCN1CC. The van der Waals surface area contributed by atoms with Gasteiger partial charge in [-0.25, -0.2) is 4.79 Å². The fraction of sp³-hybridized carbons (Fsp3) is 0.500. The number of rotatable bonds is 7. The van der Waals surface area contributed by atoms with Crippen molar-refractivity contribution < 1.29 is 14.3 Å². The van der Waals surface area contributed by atoms with Crippen molar-refractivity contribution in [2.24, 2.45) is 0 Å². The second-order valence-corrected chi connectivity index (χ2v) is 6.43. The molecule has 2 heterocycles. The number of hydrogen-bond donors (Lipinski definition) is 1. The molecular formula is C20H27N3O3. The summed E-state index contributed by atoms with van der Waals surface area (Å²) >= 11 is 0. The molecule has 1 aliphatic rings. The number of nitrogens with zero attached hydrogens (tertiary/aromatic N) is 2. The molecule has 6 heteroatoms. The van der Waals surface area contributed by atoms with Crippen molar-refractivity contribution in [3.05, 3.63) is 30.0 Å². The van der Waals surface area contributed by atoms with E-state index in [1.165, 1.54) is 12.8 Å². The van der Waals surface area contributed by atoms with Crippen LogP contribution in [0.5, 0.6) is 5.75 Å². The zero-order valence-corrected chi connectivity index (χ0v) is 15.7. The van der Waals surface area contributed by atoms with Crippen LogP contribution in [0, 0.1) is 0 Å². The van der Waals surface area contributed by atoms with Crippen molar-refractivity contribution in [2.45, 2.75) is 32.7 Å². The quantitative estimate of drug-likeness (QED) is 0.767. The minimum absolute atomic E-state index is 0.334. The fourth-order valence-corrected chi connectivity index (χ4v) is 3.68. The Bertz CT molecular complexity index is 778. The molecule has 1 saturated heterocycles. The van der Waals surface area contributed by atoms with E-state index in [4.69, 9.17) is 9.47 Å². The summed E-state index contributed by atoms with van der Waals surface area (Å²) < 4.78 is 10.7. The Morgan fingerprint density at radius 1 is 1.38 bits per heavy atom. The average Bonchev–Trinajstić information content (AvgIpc) is 3.13. The molecule has 0 spiro atoms. The summed E-state index contributed by atoms with van der Waals surface area (Å²) in [6.07, 6.45) is 3.97. The number of methoxy groups -OCH3 is 1. The first kappa shape index (κ1) is 18.5. The molecule has 2 aromatic rings. The van der Waals surface area contributed by atoms with E-state index in [2.05, 4.69) is 22.1 Å². The molecule has 26 heavy (non-hydrogen) atoms. The highest BCUT2D eigenvalue weighted by Crippen LogP contribution is 2.32. The first-order chi connectivity index (χ1) is 12.7. The van der Waals surface area contributed by atoms with Gasteiger partial charge in [0.25, 0.3) is 0 Å². The van der Waals surface area contributed by atoms with Gasteiger partial charge in [0.1, 0.15) is 16.8 Å². The second kappa shape index (κ2) is 8.36. The number of fused-ring (bicyclic) bond motifs is 1. The number of aromatic nitrogens is 1. The highest BCUT2D eigenvalue weighted by molar-refractivity contribution is 6.06. The van der Waals surface area contributed by atoms with Crippen LogP contribution >= 0.6 is 0 Å². The van der Waals surface area contributed by atoms with Crippen molar-refractivity contribution in [3.63, 3.8) is 0 Å². The standard InChI is InChI=1S/C20H27N3O3/c1-4-23-11-7-8-14(23)12-21-18-15-9-6-10-17(25-3)19(15)22-13-16(18)20(24)26-5-2/h6,9-10,13-14H,4-5,7-8,11-12H2,1-3H3,(H,21,22). The lowest BCUT2D eigenvalue weighted by atomic mass is 10.1. The van der Waals surface area contributed by atoms with Crippen LogP contribution in [0.1, 0.15) is 37.0 Å². The van der Waals surface area contributed by atoms with Crippen molar-refractivity contribution in [1.82, 2.24) is 9.88 Å². The van der Waals surface area contributed by atoms with E-state index in [1.807, 2.05) is 18.2 Å². The summed E-state index contributed by atoms with van der Waals surface area (Å²) in [5.74, 6) is 0.336. The lowest BCUT2D eigenvalue weighted by molar-refractivity contribution is 0.0527. The van der Waals surface area contributed by atoms with Gasteiger partial charge in [-0.05, 0) is 38.9 Å². The molecule has 1 aromatic heterocycles. The zero-order valence-electron chi connectivity index (χ0n) is 15.7. The number of benzene rings is 1. The normalized spacial score (nSPS) is 17.4. The van der Waals surface area contributed by atoms with E-state index in [9.17, 15) is 4.79 Å². The summed E-state index contributed by atoms with van der Waals surface area (Å²) in [6.45, 7) is 7.30. The molecule has 1 aromatic carbocycles. The van der Waals surface area contributed by atoms with Crippen LogP contribution in [-0.4, -0.2) is 55.2 Å². The van der Waals surface area contributed by atoms with Gasteiger partial charge in [-0.3, -0.25) is 9.88 Å². The molecule has 0 amide bonds. The molecule has 0 aliphatic carbocycles. The van der Waals surface area contributed by atoms with E-state index in [-0.39, 0.29) is 5.97 Å². The molecule has 6 nitrogen and oxygen atoms in total. The highest BCUT2D eigenvalue weighted by Gasteiger charge is 2.24. The Kier molecular flexibility index (Phi) is 5.93. The largest absolute Gasteiger partial charge is 0.494 e. The van der Waals surface area contributed by atoms with Gasteiger partial charge >= 0.3 is 5.97 Å². The number of pyridine rings is 1. The number of likely N-dealkylation sites (N-methyl/N-ethyl adjacent to an activating group) is 1. The third-order valence-electron chi connectivity index (χ3n) is 5.00. The predicted octanol–water partition coefficient (Wildman–Crippen LogP) is 3.32. The minimum Gasteiger partial charge on any atom is -0.494 e. The Hall–Kier alpha value is -2.34. The lowest BCUT2D eigenvalue weighted by Gasteiger charge is -2.24. The second-order valence-electron chi connectivity index (χ2n) is 6.43. The van der Waals surface area contributed by atoms with Crippen LogP contribution in [0.3, 0.4) is 0 Å². The molecule has 1 N–H and O–H groups in total. The van der Waals surface area contributed by atoms with Crippen LogP contribution in [0.4, 0.5) is 5.69 Å². The monoisotopic (exact) mass is 357 g/mol. The maximum atomic E-state index is 12.4. The van der Waals surface area contributed by atoms with E-state index >= 15 is 0 Å². The van der Waals surface area contributed by atoms with Gasteiger partial charge in [-0.15, -0.1) is 0 Å². The maximum absolute atomic E-state index is 12.4. The molecule has 0 bridgehead atoms. The van der Waals surface area contributed by atoms with Crippen molar-refractivity contribution in [2.75, 3.05) is 38.7 Å². The summed E-state index contributed by atoms with van der Waals surface area (Å²) in [5.41, 5.74) is 1.98. The average molecular weight is 357 g/mol. The van der Waals surface area contributed by atoms with Crippen molar-refractivity contribution in [1.29, 1.82) is 0 Å². The van der Waals surface area contributed by atoms with Gasteiger partial charge in [-0.2, -0.15) is 0 Å². The molecular weight excluding hydrogens is 330 g/mol. The number of esters is 1. The zero-order chi connectivity index (χ0) is 18.5. The molecule has 1 aliphatic heterocycles. The van der Waals surface area contributed by atoms with Gasteiger partial charge < -0.3 is 14.8 Å². The van der Waals surface area contributed by atoms with E-state index in [0.717, 1.165) is 36.2 Å². The molecule has 1 fully saturated rings. The number of carbonyl (C=O) groups excluding carboxylic acids is 1. The Labute approximate surface area is 154 Å². The lowest BCUT2D eigenvalue weighted by Crippen LogP contribution is -2.35. The molecule has 3 rings (SSSR count). The van der Waals surface area contributed by atoms with Crippen molar-refractivity contribution in [3.8, 4) is 5.75 Å². The molecule has 0 radical (unpaired) electrons. The third-order valence-corrected chi connectivity index (χ3v) is 5.00. The number of ether oxygens (including phenoxy) is 2. The first-order valence-electron chi connectivity index (χ1n) is 9.30. The first-order valence-corrected chi connectivity index (χ1v) is 9.30. The van der Waals surface area contributed by atoms with Gasteiger partial charge in [0.05, 0.1) is 19.4 Å². The third kappa shape index (κ3) is 3.60. The Balaban J connectivity index is 1.98. The molecule has 1 unspecified atom stereocenters. The van der Waals surface area contributed by atoms with Gasteiger partial charge in [-0.1, -0.05) is 19.1 Å². The number of hydrogen-bond acceptors (Lipinski definition) is 6. The number of para-hydroxylation sites is 1. The fourth-order valence-electron chi connectivity index (χ4n) is 3.68. The predicted molar refractivity (Wildman–Crippen MR) is 103 cm³/mol. The van der Waals surface area contributed by atoms with E-state index in [1.54, 1.807) is 20.2 Å². The van der Waals surface area contributed by atoms with Crippen LogP contribution in [0.2, 0.25) is 0 Å². The molecule has 0 saturated carbocycles. The number of nitrogens with one attached hydrogen (secondary N) is 1. The Morgan fingerprint density at radius 3 is 2.96 bits per heavy atom. The molecule has 140 valence electrons. The number of carbonyl (C=O) groups is 1. The Morgan fingerprint density at radius 2 is 2.23 bits per heavy atom.